The predicted molar refractivity (Wildman–Crippen MR) is 125 cm³/mol. The quantitative estimate of drug-likeness (QED) is 0.329. The highest BCUT2D eigenvalue weighted by molar-refractivity contribution is 5.92. The summed E-state index contributed by atoms with van der Waals surface area (Å²) in [6.07, 6.45) is -0.878. The number of methoxy groups -OCH3 is 2. The van der Waals surface area contributed by atoms with E-state index in [9.17, 15) is 22.0 Å². The van der Waals surface area contributed by atoms with Crippen molar-refractivity contribution in [3.05, 3.63) is 12.1 Å². The Morgan fingerprint density at radius 1 is 1.08 bits per heavy atom. The number of alkyl halides is 5. The lowest BCUT2D eigenvalue weighted by Gasteiger charge is -2.32. The number of nitrogens with one attached hydrogen (secondary N) is 1. The number of aromatic nitrogens is 2. The van der Waals surface area contributed by atoms with Crippen LogP contribution in [0.25, 0.3) is 10.9 Å². The van der Waals surface area contributed by atoms with Gasteiger partial charge in [0.2, 0.25) is 5.95 Å². The highest BCUT2D eigenvalue weighted by Crippen LogP contribution is 2.36. The first-order valence-electron chi connectivity index (χ1n) is 11.5. The third kappa shape index (κ3) is 8.23. The smallest absolute Gasteiger partial charge is 0.490 e. The van der Waals surface area contributed by atoms with Gasteiger partial charge in [0, 0.05) is 43.9 Å². The van der Waals surface area contributed by atoms with Gasteiger partial charge in [-0.25, -0.2) is 18.6 Å². The molecule has 13 heteroatoms. The predicted octanol–water partition coefficient (Wildman–Crippen LogP) is 5.51. The molecule has 2 aromatic rings. The summed E-state index contributed by atoms with van der Waals surface area (Å²) in [5.41, 5.74) is 0.695. The van der Waals surface area contributed by atoms with E-state index in [1.807, 2.05) is 11.0 Å². The molecule has 2 N–H and O–H groups in total. The summed E-state index contributed by atoms with van der Waals surface area (Å²) in [6, 6.07) is 3.66. The van der Waals surface area contributed by atoms with E-state index in [1.165, 1.54) is 12.8 Å². The van der Waals surface area contributed by atoms with Crippen LogP contribution >= 0.6 is 0 Å². The summed E-state index contributed by atoms with van der Waals surface area (Å²) >= 11 is 0. The number of carbonyl (C=O) groups is 1. The topological polar surface area (TPSA) is 96.8 Å². The monoisotopic (exact) mass is 522 g/mol. The first kappa shape index (κ1) is 29.1. The van der Waals surface area contributed by atoms with Crippen LogP contribution in [-0.4, -0.2) is 67.0 Å². The number of nitrogens with zero attached hydrogens (tertiary/aromatic N) is 3. The van der Waals surface area contributed by atoms with Crippen LogP contribution in [-0.2, 0) is 4.79 Å². The number of fused-ring (bicyclic) bond motifs is 1. The molecule has 3 rings (SSSR count). The molecule has 0 unspecified atom stereocenters. The summed E-state index contributed by atoms with van der Waals surface area (Å²) in [7, 11) is 3.16. The molecule has 1 aliphatic heterocycles. The van der Waals surface area contributed by atoms with Gasteiger partial charge in [0.25, 0.3) is 5.92 Å². The van der Waals surface area contributed by atoms with E-state index in [0.29, 0.717) is 28.8 Å². The number of unbranched alkanes of at least 4 members (excludes halogenated alkanes) is 3. The molecule has 8 nitrogen and oxygen atoms in total. The standard InChI is InChI=1S/C21H30F2N4O2.C2HF3O2/c1-4-5-6-7-10-24-19-15-13-17(28-2)18(29-3)14-16(15)25-20(26-19)27-11-8-21(22,23)9-12-27;3-2(4,5)1(6)7/h13-14H,4-12H2,1-3H3,(H,24,25,26);(H,6,7). The van der Waals surface area contributed by atoms with Crippen LogP contribution in [0.4, 0.5) is 33.7 Å². The molecule has 202 valence electrons. The second-order valence-electron chi connectivity index (χ2n) is 8.23. The maximum absolute atomic E-state index is 13.6. The molecule has 0 saturated carbocycles. The van der Waals surface area contributed by atoms with Gasteiger partial charge in [-0.3, -0.25) is 0 Å². The Morgan fingerprint density at radius 3 is 2.19 bits per heavy atom. The van der Waals surface area contributed by atoms with Crippen molar-refractivity contribution in [3.63, 3.8) is 0 Å². The number of halogens is 5. The van der Waals surface area contributed by atoms with E-state index in [2.05, 4.69) is 22.2 Å². The zero-order chi connectivity index (χ0) is 26.9. The SMILES string of the molecule is CCCCCCNc1nc(N2CCC(F)(F)CC2)nc2cc(OC)c(OC)cc12.O=C(O)C(F)(F)F. The normalized spacial score (nSPS) is 15.2. The van der Waals surface area contributed by atoms with Gasteiger partial charge in [-0.1, -0.05) is 26.2 Å². The summed E-state index contributed by atoms with van der Waals surface area (Å²) < 4.78 is 69.7. The second kappa shape index (κ2) is 12.7. The van der Waals surface area contributed by atoms with E-state index in [4.69, 9.17) is 19.4 Å². The minimum Gasteiger partial charge on any atom is -0.493 e. The van der Waals surface area contributed by atoms with Crippen LogP contribution in [0, 0.1) is 0 Å². The Morgan fingerprint density at radius 2 is 1.67 bits per heavy atom. The molecular weight excluding hydrogens is 491 g/mol. The highest BCUT2D eigenvalue weighted by Gasteiger charge is 2.38. The largest absolute Gasteiger partial charge is 0.493 e. The van der Waals surface area contributed by atoms with Crippen LogP contribution in [0.5, 0.6) is 11.5 Å². The number of ether oxygens (including phenoxy) is 2. The minimum atomic E-state index is -5.08. The zero-order valence-corrected chi connectivity index (χ0v) is 20.4. The lowest BCUT2D eigenvalue weighted by atomic mass is 10.1. The van der Waals surface area contributed by atoms with Gasteiger partial charge in [0.1, 0.15) is 5.82 Å². The third-order valence-electron chi connectivity index (χ3n) is 5.53. The molecule has 36 heavy (non-hydrogen) atoms. The number of hydrogen-bond acceptors (Lipinski definition) is 7. The number of rotatable bonds is 9. The average molecular weight is 523 g/mol. The van der Waals surface area contributed by atoms with Gasteiger partial charge in [-0.15, -0.1) is 0 Å². The fraction of sp³-hybridized carbons (Fsp3) is 0.609. The Bertz CT molecular complexity index is 1010. The Labute approximate surface area is 205 Å². The van der Waals surface area contributed by atoms with Gasteiger partial charge < -0.3 is 24.8 Å². The molecule has 1 aliphatic rings. The molecule has 0 spiro atoms. The van der Waals surface area contributed by atoms with Gasteiger partial charge >= 0.3 is 12.1 Å². The molecule has 0 amide bonds. The average Bonchev–Trinajstić information content (AvgIpc) is 2.82. The Hall–Kier alpha value is -3.12. The number of hydrogen-bond donors (Lipinski definition) is 2. The maximum atomic E-state index is 13.6. The number of anilines is 2. The van der Waals surface area contributed by atoms with Crippen LogP contribution < -0.4 is 19.7 Å². The first-order valence-corrected chi connectivity index (χ1v) is 11.5. The number of aliphatic carboxylic acids is 1. The van der Waals surface area contributed by atoms with Crippen LogP contribution in [0.15, 0.2) is 12.1 Å². The number of benzene rings is 1. The minimum absolute atomic E-state index is 0.180. The lowest BCUT2D eigenvalue weighted by Crippen LogP contribution is -2.40. The molecule has 0 atom stereocenters. The van der Waals surface area contributed by atoms with Crippen molar-refractivity contribution in [3.8, 4) is 11.5 Å². The van der Waals surface area contributed by atoms with Crippen LogP contribution in [0.1, 0.15) is 45.4 Å². The number of carboxylic acids is 1. The lowest BCUT2D eigenvalue weighted by molar-refractivity contribution is -0.192. The van der Waals surface area contributed by atoms with Crippen molar-refractivity contribution in [2.45, 2.75) is 57.5 Å². The van der Waals surface area contributed by atoms with Crippen molar-refractivity contribution >= 4 is 28.6 Å². The van der Waals surface area contributed by atoms with E-state index >= 15 is 0 Å². The van der Waals surface area contributed by atoms with E-state index in [-0.39, 0.29) is 25.9 Å². The van der Waals surface area contributed by atoms with Crippen molar-refractivity contribution in [1.29, 1.82) is 0 Å². The highest BCUT2D eigenvalue weighted by atomic mass is 19.4. The van der Waals surface area contributed by atoms with Crippen molar-refractivity contribution < 1.29 is 41.3 Å². The third-order valence-corrected chi connectivity index (χ3v) is 5.53. The summed E-state index contributed by atoms with van der Waals surface area (Å²) in [4.78, 5) is 20.1. The van der Waals surface area contributed by atoms with Gasteiger partial charge in [0.15, 0.2) is 11.5 Å². The van der Waals surface area contributed by atoms with E-state index < -0.39 is 18.1 Å². The Balaban J connectivity index is 0.000000572. The van der Waals surface area contributed by atoms with Crippen LogP contribution in [0.3, 0.4) is 0 Å². The van der Waals surface area contributed by atoms with E-state index in [0.717, 1.165) is 24.8 Å². The molecule has 1 aromatic carbocycles. The molecule has 0 bridgehead atoms. The summed E-state index contributed by atoms with van der Waals surface area (Å²) in [5.74, 6) is -3.03. The molecule has 2 heterocycles. The summed E-state index contributed by atoms with van der Waals surface area (Å²) in [6.45, 7) is 3.45. The number of carboxylic acid groups (broad SMARTS) is 1. The fourth-order valence-corrected chi connectivity index (χ4v) is 3.51. The first-order chi connectivity index (χ1) is 16.9. The fourth-order valence-electron chi connectivity index (χ4n) is 3.51. The Kier molecular flexibility index (Phi) is 10.3. The van der Waals surface area contributed by atoms with E-state index in [1.54, 1.807) is 20.3 Å². The van der Waals surface area contributed by atoms with Gasteiger partial charge in [0.05, 0.1) is 19.7 Å². The second-order valence-corrected chi connectivity index (χ2v) is 8.23. The molecule has 1 saturated heterocycles. The molecule has 0 aliphatic carbocycles. The van der Waals surface area contributed by atoms with Gasteiger partial charge in [-0.2, -0.15) is 18.2 Å². The maximum Gasteiger partial charge on any atom is 0.490 e. The number of piperidine rings is 1. The molecule has 0 radical (unpaired) electrons. The van der Waals surface area contributed by atoms with Gasteiger partial charge in [-0.05, 0) is 12.5 Å². The van der Waals surface area contributed by atoms with Crippen LogP contribution in [0.2, 0.25) is 0 Å². The zero-order valence-electron chi connectivity index (χ0n) is 20.4. The van der Waals surface area contributed by atoms with Crippen molar-refractivity contribution in [2.75, 3.05) is 44.1 Å². The molecule has 1 aromatic heterocycles. The molecule has 1 fully saturated rings. The summed E-state index contributed by atoms with van der Waals surface area (Å²) in [5, 5.41) is 11.4. The van der Waals surface area contributed by atoms with Crippen molar-refractivity contribution in [2.24, 2.45) is 0 Å². The van der Waals surface area contributed by atoms with Crippen molar-refractivity contribution in [1.82, 2.24) is 9.97 Å². The molecular formula is C23H31F5N4O4.